The van der Waals surface area contributed by atoms with Crippen molar-refractivity contribution < 1.29 is 32.2 Å². The Kier molecular flexibility index (Phi) is 5.50. The lowest BCUT2D eigenvalue weighted by atomic mass is 10.3. The molecule has 0 bridgehead atoms. The van der Waals surface area contributed by atoms with Crippen LogP contribution < -0.4 is 0 Å². The smallest absolute Gasteiger partial charge is 0.435 e. The minimum atomic E-state index is -4.59. The monoisotopic (exact) mass is 396 g/mol. The van der Waals surface area contributed by atoms with E-state index in [0.29, 0.717) is 0 Å². The van der Waals surface area contributed by atoms with Crippen LogP contribution in [-0.2, 0) is 9.47 Å². The predicted molar refractivity (Wildman–Crippen MR) is 65.9 cm³/mol. The van der Waals surface area contributed by atoms with E-state index in [1.807, 2.05) is 0 Å². The largest absolute Gasteiger partial charge is 0.453 e. The lowest BCUT2D eigenvalue weighted by Gasteiger charge is -2.33. The summed E-state index contributed by atoms with van der Waals surface area (Å²) in [5.41, 5.74) is 0. The fraction of sp³-hybridized carbons (Fsp3) is 0.778. The van der Waals surface area contributed by atoms with Crippen LogP contribution in [0.4, 0.5) is 22.8 Å². The molecule has 2 amide bonds. The van der Waals surface area contributed by atoms with Gasteiger partial charge in [0, 0.05) is 26.2 Å². The molecule has 0 spiro atoms. The van der Waals surface area contributed by atoms with Crippen LogP contribution in [0.1, 0.15) is 0 Å². The van der Waals surface area contributed by atoms with Crippen molar-refractivity contribution in [2.24, 2.45) is 0 Å². The molecule has 0 N–H and O–H groups in total. The number of rotatable bonds is 1. The molecule has 0 saturated carbocycles. The zero-order chi connectivity index (χ0) is 14.6. The van der Waals surface area contributed by atoms with Crippen LogP contribution in [0, 0.1) is 0 Å². The van der Waals surface area contributed by atoms with Gasteiger partial charge in [-0.3, -0.25) is 0 Å². The van der Waals surface area contributed by atoms with E-state index in [4.69, 9.17) is 0 Å². The van der Waals surface area contributed by atoms with E-state index in [1.165, 1.54) is 12.0 Å². The summed E-state index contributed by atoms with van der Waals surface area (Å²) in [4.78, 5) is 25.1. The number of methoxy groups -OCH3 is 1. The van der Waals surface area contributed by atoms with E-state index in [1.54, 1.807) is 0 Å². The van der Waals surface area contributed by atoms with Gasteiger partial charge < -0.3 is 19.3 Å². The van der Waals surface area contributed by atoms with Gasteiger partial charge in [-0.05, 0) is 22.6 Å². The van der Waals surface area contributed by atoms with Crippen LogP contribution in [0.15, 0.2) is 0 Å². The highest BCUT2D eigenvalue weighted by molar-refractivity contribution is 14.1. The molecule has 110 valence electrons. The van der Waals surface area contributed by atoms with Crippen molar-refractivity contribution in [3.63, 3.8) is 0 Å². The second kappa shape index (κ2) is 6.48. The number of nitrogens with zero attached hydrogens (tertiary/aromatic N) is 2. The quantitative estimate of drug-likeness (QED) is 0.502. The average Bonchev–Trinajstić information content (AvgIpc) is 2.36. The highest BCUT2D eigenvalue weighted by Crippen LogP contribution is 2.28. The van der Waals surface area contributed by atoms with Crippen LogP contribution in [0.2, 0.25) is 0 Å². The van der Waals surface area contributed by atoms with Gasteiger partial charge in [0.1, 0.15) is 0 Å². The second-order valence-corrected chi connectivity index (χ2v) is 4.82. The van der Waals surface area contributed by atoms with Crippen molar-refractivity contribution in [2.45, 2.75) is 10.3 Å². The number of amides is 2. The van der Waals surface area contributed by atoms with Crippen molar-refractivity contribution in [1.29, 1.82) is 0 Å². The van der Waals surface area contributed by atoms with Crippen LogP contribution >= 0.6 is 22.6 Å². The molecule has 1 unspecified atom stereocenters. The van der Waals surface area contributed by atoms with Gasteiger partial charge >= 0.3 is 18.4 Å². The molecule has 1 saturated heterocycles. The van der Waals surface area contributed by atoms with Gasteiger partial charge in [-0.1, -0.05) is 0 Å². The van der Waals surface area contributed by atoms with Crippen LogP contribution in [0.25, 0.3) is 0 Å². The second-order valence-electron chi connectivity index (χ2n) is 3.69. The summed E-state index contributed by atoms with van der Waals surface area (Å²) in [5, 5.41) is 0. The topological polar surface area (TPSA) is 59.1 Å². The Hall–Kier alpha value is -0.940. The Bertz CT molecular complexity index is 345. The Morgan fingerprint density at radius 2 is 1.53 bits per heavy atom. The first kappa shape index (κ1) is 16.1. The summed E-state index contributed by atoms with van der Waals surface area (Å²) in [6, 6.07) is 0. The van der Waals surface area contributed by atoms with Gasteiger partial charge in [-0.2, -0.15) is 13.2 Å². The maximum absolute atomic E-state index is 12.2. The first-order chi connectivity index (χ1) is 8.75. The van der Waals surface area contributed by atoms with Crippen molar-refractivity contribution in [3.8, 4) is 0 Å². The van der Waals surface area contributed by atoms with E-state index in [9.17, 15) is 22.8 Å². The van der Waals surface area contributed by atoms with E-state index in [2.05, 4.69) is 9.47 Å². The molecule has 1 fully saturated rings. The number of carbonyl (C=O) groups is 2. The maximum atomic E-state index is 12.2. The number of piperazine rings is 1. The molecule has 6 nitrogen and oxygen atoms in total. The normalized spacial score (nSPS) is 17.9. The molecule has 0 aromatic carbocycles. The van der Waals surface area contributed by atoms with Gasteiger partial charge in [-0.25, -0.2) is 9.59 Å². The molecule has 0 aromatic rings. The zero-order valence-electron chi connectivity index (χ0n) is 9.95. The third-order valence-electron chi connectivity index (χ3n) is 2.43. The Morgan fingerprint density at radius 1 is 1.11 bits per heavy atom. The summed E-state index contributed by atoms with van der Waals surface area (Å²) in [7, 11) is 1.23. The summed E-state index contributed by atoms with van der Waals surface area (Å²) in [5.74, 6) is 0. The number of alkyl halides is 4. The highest BCUT2D eigenvalue weighted by atomic mass is 127. The summed E-state index contributed by atoms with van der Waals surface area (Å²) in [6.45, 7) is 0.601. The molecule has 0 aromatic heterocycles. The zero-order valence-corrected chi connectivity index (χ0v) is 12.1. The van der Waals surface area contributed by atoms with Crippen LogP contribution in [-0.4, -0.2) is 65.6 Å². The highest BCUT2D eigenvalue weighted by Gasteiger charge is 2.42. The first-order valence-electron chi connectivity index (χ1n) is 5.25. The third kappa shape index (κ3) is 4.58. The van der Waals surface area contributed by atoms with E-state index in [0.717, 1.165) is 27.5 Å². The summed E-state index contributed by atoms with van der Waals surface area (Å²) < 4.78 is 43.3. The van der Waals surface area contributed by atoms with Gasteiger partial charge in [-0.15, -0.1) is 0 Å². The molecule has 1 aliphatic heterocycles. The lowest BCUT2D eigenvalue weighted by Crippen LogP contribution is -2.51. The molecular formula is C9H12F3IN2O4. The predicted octanol–water partition coefficient (Wildman–Crippen LogP) is 1.83. The molecule has 10 heteroatoms. The Morgan fingerprint density at radius 3 is 1.89 bits per heavy atom. The SMILES string of the molecule is COC(=O)N1CCN(C(=O)OC(I)C(F)(F)F)CC1. The van der Waals surface area contributed by atoms with Crippen LogP contribution in [0.3, 0.4) is 0 Å². The Labute approximate surface area is 120 Å². The fourth-order valence-corrected chi connectivity index (χ4v) is 1.65. The average molecular weight is 396 g/mol. The molecule has 0 aliphatic carbocycles. The van der Waals surface area contributed by atoms with Crippen molar-refractivity contribution in [2.75, 3.05) is 33.3 Å². The van der Waals surface area contributed by atoms with Gasteiger partial charge in [0.05, 0.1) is 7.11 Å². The molecule has 19 heavy (non-hydrogen) atoms. The minimum Gasteiger partial charge on any atom is -0.453 e. The molecule has 1 aliphatic rings. The standard InChI is InChI=1S/C9H12F3IN2O4/c1-18-7(16)14-2-4-15(5-3-14)8(17)19-6(13)9(10,11)12/h6H,2-5H2,1H3. The molecule has 1 atom stereocenters. The van der Waals surface area contributed by atoms with Gasteiger partial charge in [0.25, 0.3) is 0 Å². The Balaban J connectivity index is 2.43. The van der Waals surface area contributed by atoms with Gasteiger partial charge in [0.2, 0.25) is 4.11 Å². The fourth-order valence-electron chi connectivity index (χ4n) is 1.43. The molecule has 1 heterocycles. The maximum Gasteiger partial charge on any atom is 0.435 e. The number of hydrogen-bond acceptors (Lipinski definition) is 4. The van der Waals surface area contributed by atoms with Crippen molar-refractivity contribution in [1.82, 2.24) is 9.80 Å². The van der Waals surface area contributed by atoms with Crippen molar-refractivity contribution in [3.05, 3.63) is 0 Å². The van der Waals surface area contributed by atoms with E-state index >= 15 is 0 Å². The number of carbonyl (C=O) groups excluding carboxylic acids is 2. The minimum absolute atomic E-state index is 0.106. The number of ether oxygens (including phenoxy) is 2. The van der Waals surface area contributed by atoms with E-state index in [-0.39, 0.29) is 26.2 Å². The van der Waals surface area contributed by atoms with Gasteiger partial charge in [0.15, 0.2) is 0 Å². The number of halogens is 4. The first-order valence-corrected chi connectivity index (χ1v) is 6.49. The van der Waals surface area contributed by atoms with Crippen LogP contribution in [0.5, 0.6) is 0 Å². The lowest BCUT2D eigenvalue weighted by molar-refractivity contribution is -0.170. The molecular weight excluding hydrogens is 384 g/mol. The van der Waals surface area contributed by atoms with Crippen molar-refractivity contribution >= 4 is 34.8 Å². The summed E-state index contributed by atoms with van der Waals surface area (Å²) >= 11 is 1.00. The van der Waals surface area contributed by atoms with E-state index < -0.39 is 22.5 Å². The number of hydrogen-bond donors (Lipinski definition) is 0. The third-order valence-corrected chi connectivity index (χ3v) is 3.39. The summed E-state index contributed by atoms with van der Waals surface area (Å²) in [6.07, 6.45) is -6.17. The molecule has 1 rings (SSSR count). The molecule has 0 radical (unpaired) electrons.